The van der Waals surface area contributed by atoms with E-state index in [1.807, 2.05) is 48.5 Å². The molecule has 0 spiro atoms. The zero-order valence-corrected chi connectivity index (χ0v) is 23.1. The minimum atomic E-state index is -1.17. The molecule has 214 valence electrons. The summed E-state index contributed by atoms with van der Waals surface area (Å²) in [7, 11) is 5.33. The molecule has 0 aliphatic carbocycles. The molecule has 3 N–H and O–H groups in total. The van der Waals surface area contributed by atoms with Gasteiger partial charge in [0.1, 0.15) is 18.2 Å². The number of likely N-dealkylation sites (tertiary alicyclic amines) is 1. The summed E-state index contributed by atoms with van der Waals surface area (Å²) in [6, 6.07) is 19.5. The van der Waals surface area contributed by atoms with Crippen molar-refractivity contribution in [3.05, 3.63) is 107 Å². The van der Waals surface area contributed by atoms with Gasteiger partial charge in [-0.2, -0.15) is 0 Å². The summed E-state index contributed by atoms with van der Waals surface area (Å²) in [5.41, 5.74) is 2.51. The van der Waals surface area contributed by atoms with Crippen LogP contribution in [0, 0.1) is 11.6 Å². The van der Waals surface area contributed by atoms with Gasteiger partial charge in [-0.1, -0.05) is 68.4 Å². The van der Waals surface area contributed by atoms with Crippen LogP contribution < -0.4 is 10.6 Å². The van der Waals surface area contributed by atoms with Crippen molar-refractivity contribution < 1.29 is 28.2 Å². The van der Waals surface area contributed by atoms with Gasteiger partial charge in [-0.15, -0.1) is 0 Å². The first kappa shape index (κ1) is 30.2. The summed E-state index contributed by atoms with van der Waals surface area (Å²) in [4.78, 5) is 26.1. The lowest BCUT2D eigenvalue weighted by Gasteiger charge is -2.51. The summed E-state index contributed by atoms with van der Waals surface area (Å²) in [6.45, 7) is 4.91. The molecule has 2 atom stereocenters. The van der Waals surface area contributed by atoms with Crippen molar-refractivity contribution in [2.75, 3.05) is 19.6 Å². The molecular weight excluding hydrogens is 527 g/mol. The lowest BCUT2D eigenvalue weighted by Crippen LogP contribution is -2.69. The molecule has 10 heteroatoms. The van der Waals surface area contributed by atoms with E-state index in [0.29, 0.717) is 0 Å². The van der Waals surface area contributed by atoms with Gasteiger partial charge in [-0.3, -0.25) is 4.79 Å². The summed E-state index contributed by atoms with van der Waals surface area (Å²) in [5, 5.41) is 17.0. The molecule has 1 aliphatic rings. The second kappa shape index (κ2) is 13.3. The van der Waals surface area contributed by atoms with Gasteiger partial charge < -0.3 is 25.4 Å². The SMILES string of the molecule is [B]C(=O)N[C@@H](Cc1cc(F)cc(F)c1)[C@H](O)CNC1(c2cccc(C(C)C)c2)CN(C(=O)OCc2ccccc2)C1. The van der Waals surface area contributed by atoms with Crippen molar-refractivity contribution in [1.29, 1.82) is 0 Å². The highest BCUT2D eigenvalue weighted by molar-refractivity contribution is 6.57. The summed E-state index contributed by atoms with van der Waals surface area (Å²) >= 11 is 0. The Bertz CT molecular complexity index is 1330. The number of ether oxygens (including phenoxy) is 1. The number of nitrogens with one attached hydrogen (secondary N) is 2. The Morgan fingerprint density at radius 3 is 2.32 bits per heavy atom. The van der Waals surface area contributed by atoms with Gasteiger partial charge in [0.15, 0.2) is 5.81 Å². The lowest BCUT2D eigenvalue weighted by atomic mass is 9.80. The maximum absolute atomic E-state index is 13.8. The van der Waals surface area contributed by atoms with E-state index in [2.05, 4.69) is 30.5 Å². The van der Waals surface area contributed by atoms with Crippen molar-refractivity contribution >= 4 is 19.7 Å². The van der Waals surface area contributed by atoms with Crippen molar-refractivity contribution in [3.63, 3.8) is 0 Å². The topological polar surface area (TPSA) is 90.9 Å². The molecule has 3 aromatic rings. The van der Waals surface area contributed by atoms with Gasteiger partial charge in [-0.25, -0.2) is 13.6 Å². The van der Waals surface area contributed by atoms with E-state index < -0.39 is 41.2 Å². The summed E-state index contributed by atoms with van der Waals surface area (Å²) in [5.74, 6) is -2.12. The second-order valence-electron chi connectivity index (χ2n) is 10.8. The Labute approximate surface area is 240 Å². The maximum atomic E-state index is 13.8. The van der Waals surface area contributed by atoms with E-state index in [9.17, 15) is 23.5 Å². The van der Waals surface area contributed by atoms with Gasteiger partial charge in [0.25, 0.3) is 0 Å². The van der Waals surface area contributed by atoms with Crippen LogP contribution in [0.4, 0.5) is 18.4 Å². The number of aliphatic hydroxyl groups is 1. The van der Waals surface area contributed by atoms with Crippen molar-refractivity contribution in [3.8, 4) is 0 Å². The molecule has 0 bridgehead atoms. The van der Waals surface area contributed by atoms with E-state index >= 15 is 0 Å². The summed E-state index contributed by atoms with van der Waals surface area (Å²) < 4.78 is 33.0. The zero-order chi connectivity index (χ0) is 29.6. The van der Waals surface area contributed by atoms with E-state index in [-0.39, 0.29) is 44.1 Å². The fourth-order valence-corrected chi connectivity index (χ4v) is 5.03. The predicted octanol–water partition coefficient (Wildman–Crippen LogP) is 4.38. The Hall–Kier alpha value is -3.76. The van der Waals surface area contributed by atoms with Gasteiger partial charge >= 0.3 is 6.09 Å². The highest BCUT2D eigenvalue weighted by Gasteiger charge is 2.47. The first-order chi connectivity index (χ1) is 19.5. The number of amides is 2. The Kier molecular flexibility index (Phi) is 9.78. The number of carbonyl (C=O) groups excluding carboxylic acids is 2. The zero-order valence-electron chi connectivity index (χ0n) is 23.1. The number of aliphatic hydroxyl groups excluding tert-OH is 1. The normalized spacial score (nSPS) is 15.6. The first-order valence-corrected chi connectivity index (χ1v) is 13.5. The van der Waals surface area contributed by atoms with Crippen LogP contribution in [-0.4, -0.2) is 61.5 Å². The number of rotatable bonds is 11. The third-order valence-corrected chi connectivity index (χ3v) is 7.31. The van der Waals surface area contributed by atoms with Crippen LogP contribution in [-0.2, 0) is 23.3 Å². The van der Waals surface area contributed by atoms with Crippen molar-refractivity contribution in [2.45, 2.75) is 50.5 Å². The van der Waals surface area contributed by atoms with Gasteiger partial charge in [0.2, 0.25) is 7.85 Å². The van der Waals surface area contributed by atoms with Crippen LogP contribution >= 0.6 is 0 Å². The Morgan fingerprint density at radius 2 is 1.68 bits per heavy atom. The molecule has 1 heterocycles. The molecule has 0 unspecified atom stereocenters. The van der Waals surface area contributed by atoms with E-state index in [1.165, 1.54) is 0 Å². The van der Waals surface area contributed by atoms with E-state index in [0.717, 1.165) is 34.9 Å². The minimum absolute atomic E-state index is 0.00154. The largest absolute Gasteiger partial charge is 0.445 e. The quantitative estimate of drug-likeness (QED) is 0.303. The average molecular weight is 561 g/mol. The average Bonchev–Trinajstić information content (AvgIpc) is 2.90. The highest BCUT2D eigenvalue weighted by atomic mass is 19.1. The van der Waals surface area contributed by atoms with E-state index in [4.69, 9.17) is 12.6 Å². The molecule has 1 aliphatic heterocycles. The third-order valence-electron chi connectivity index (χ3n) is 7.31. The number of nitrogens with zero attached hydrogens (tertiary/aromatic N) is 1. The third kappa shape index (κ3) is 7.92. The maximum Gasteiger partial charge on any atom is 0.410 e. The van der Waals surface area contributed by atoms with Crippen LogP contribution in [0.15, 0.2) is 72.8 Å². The number of halogens is 2. The first-order valence-electron chi connectivity index (χ1n) is 13.5. The van der Waals surface area contributed by atoms with Crippen molar-refractivity contribution in [2.24, 2.45) is 0 Å². The van der Waals surface area contributed by atoms with Crippen LogP contribution in [0.5, 0.6) is 0 Å². The standard InChI is InChI=1S/C31H34BF2N3O4/c1-20(2)23-9-6-10-24(14-23)31(18-37(19-31)30(40)41-17-21-7-4-3-5-8-21)35-16-28(38)27(36-29(32)39)13-22-11-25(33)15-26(34)12-22/h3-12,14-15,20,27-28,35,38H,13,16-19H2,1-2H3,(H,36,39)/t27-,28+/m0/s1. The monoisotopic (exact) mass is 561 g/mol. The fraction of sp³-hybridized carbons (Fsp3) is 0.355. The molecule has 1 fully saturated rings. The number of hydrogen-bond donors (Lipinski definition) is 3. The molecule has 3 aromatic carbocycles. The van der Waals surface area contributed by atoms with Crippen LogP contribution in [0.25, 0.3) is 0 Å². The number of carbonyl (C=O) groups is 2. The van der Waals surface area contributed by atoms with E-state index in [1.54, 1.807) is 4.90 Å². The number of benzene rings is 3. The molecular formula is C31H34BF2N3O4. The predicted molar refractivity (Wildman–Crippen MR) is 153 cm³/mol. The van der Waals surface area contributed by atoms with Crippen LogP contribution in [0.1, 0.15) is 42.0 Å². The van der Waals surface area contributed by atoms with Gasteiger partial charge in [-0.05, 0) is 46.7 Å². The Balaban J connectivity index is 1.48. The second-order valence-corrected chi connectivity index (χ2v) is 10.8. The molecule has 41 heavy (non-hydrogen) atoms. The lowest BCUT2D eigenvalue weighted by molar-refractivity contribution is 0.0107. The number of hydrogen-bond acceptors (Lipinski definition) is 5. The smallest absolute Gasteiger partial charge is 0.410 e. The van der Waals surface area contributed by atoms with Crippen molar-refractivity contribution in [1.82, 2.24) is 15.5 Å². The molecule has 1 saturated heterocycles. The highest BCUT2D eigenvalue weighted by Crippen LogP contribution is 2.34. The van der Waals surface area contributed by atoms with Gasteiger partial charge in [0, 0.05) is 25.7 Å². The molecule has 0 saturated carbocycles. The molecule has 2 amide bonds. The Morgan fingerprint density at radius 1 is 1.00 bits per heavy atom. The summed E-state index contributed by atoms with van der Waals surface area (Å²) in [6.07, 6.45) is -1.67. The van der Waals surface area contributed by atoms with Crippen LogP contribution in [0.3, 0.4) is 0 Å². The molecule has 7 nitrogen and oxygen atoms in total. The molecule has 0 aromatic heterocycles. The van der Waals surface area contributed by atoms with Gasteiger partial charge in [0.05, 0.1) is 17.7 Å². The van der Waals surface area contributed by atoms with Crippen LogP contribution in [0.2, 0.25) is 0 Å². The fourth-order valence-electron chi connectivity index (χ4n) is 5.03. The molecule has 2 radical (unpaired) electrons. The molecule has 4 rings (SSSR count). The minimum Gasteiger partial charge on any atom is -0.445 e.